The van der Waals surface area contributed by atoms with Crippen LogP contribution in [0.3, 0.4) is 0 Å². The topological polar surface area (TPSA) is 29.9 Å². The molecule has 1 fully saturated rings. The van der Waals surface area contributed by atoms with E-state index in [1.165, 1.54) is 24.1 Å². The lowest BCUT2D eigenvalue weighted by atomic mass is 10.0. The Morgan fingerprint density at radius 2 is 2.50 bits per heavy atom. The van der Waals surface area contributed by atoms with Gasteiger partial charge in [-0.3, -0.25) is 4.68 Å². The van der Waals surface area contributed by atoms with Gasteiger partial charge in [-0.25, -0.2) is 0 Å². The van der Waals surface area contributed by atoms with Gasteiger partial charge in [0.1, 0.15) is 0 Å². The second-order valence-corrected chi connectivity index (χ2v) is 3.90. The molecule has 2 atom stereocenters. The van der Waals surface area contributed by atoms with Gasteiger partial charge in [0.15, 0.2) is 0 Å². The molecule has 12 heavy (non-hydrogen) atoms. The number of nitrogens with one attached hydrogen (secondary N) is 1. The van der Waals surface area contributed by atoms with Crippen LogP contribution in [-0.4, -0.2) is 15.8 Å². The molecular formula is C9H13N3. The molecule has 2 aliphatic rings. The molecule has 3 nitrogen and oxygen atoms in total. The van der Waals surface area contributed by atoms with Crippen molar-refractivity contribution in [2.45, 2.75) is 31.3 Å². The quantitative estimate of drug-likeness (QED) is 0.612. The molecule has 1 aromatic heterocycles. The fourth-order valence-corrected chi connectivity index (χ4v) is 2.46. The van der Waals surface area contributed by atoms with Crippen LogP contribution in [0.2, 0.25) is 0 Å². The SMILES string of the molecule is Cn1cc2c(n1)C[C@@H]1CC[C@@H]2N1. The van der Waals surface area contributed by atoms with Gasteiger partial charge < -0.3 is 5.32 Å². The highest BCUT2D eigenvalue weighted by molar-refractivity contribution is 5.27. The smallest absolute Gasteiger partial charge is 0.0687 e. The molecular weight excluding hydrogens is 150 g/mol. The van der Waals surface area contributed by atoms with Gasteiger partial charge >= 0.3 is 0 Å². The number of aryl methyl sites for hydroxylation is 1. The number of hydrogen-bond donors (Lipinski definition) is 1. The molecule has 0 saturated carbocycles. The normalized spacial score (nSPS) is 32.1. The van der Waals surface area contributed by atoms with E-state index in [1.807, 2.05) is 11.7 Å². The van der Waals surface area contributed by atoms with Crippen molar-refractivity contribution in [3.05, 3.63) is 17.5 Å². The monoisotopic (exact) mass is 163 g/mol. The first-order valence-corrected chi connectivity index (χ1v) is 4.61. The molecule has 0 aromatic carbocycles. The van der Waals surface area contributed by atoms with Crippen molar-refractivity contribution in [3.63, 3.8) is 0 Å². The third kappa shape index (κ3) is 0.771. The summed E-state index contributed by atoms with van der Waals surface area (Å²) in [5, 5.41) is 8.08. The van der Waals surface area contributed by atoms with Crippen LogP contribution < -0.4 is 5.32 Å². The Morgan fingerprint density at radius 3 is 3.42 bits per heavy atom. The maximum Gasteiger partial charge on any atom is 0.0687 e. The van der Waals surface area contributed by atoms with E-state index in [0.29, 0.717) is 12.1 Å². The third-order valence-corrected chi connectivity index (χ3v) is 2.99. The zero-order valence-corrected chi connectivity index (χ0v) is 7.25. The van der Waals surface area contributed by atoms with Crippen LogP contribution in [0.25, 0.3) is 0 Å². The summed E-state index contributed by atoms with van der Waals surface area (Å²) in [5.41, 5.74) is 2.76. The van der Waals surface area contributed by atoms with Crippen molar-refractivity contribution in [1.29, 1.82) is 0 Å². The van der Waals surface area contributed by atoms with E-state index < -0.39 is 0 Å². The minimum Gasteiger partial charge on any atom is -0.307 e. The van der Waals surface area contributed by atoms with Crippen molar-refractivity contribution in [3.8, 4) is 0 Å². The summed E-state index contributed by atoms with van der Waals surface area (Å²) in [6, 6.07) is 1.31. The fraction of sp³-hybridized carbons (Fsp3) is 0.667. The van der Waals surface area contributed by atoms with Crippen molar-refractivity contribution in [1.82, 2.24) is 15.1 Å². The molecule has 0 spiro atoms. The Bertz CT molecular complexity index is 316. The van der Waals surface area contributed by atoms with Crippen molar-refractivity contribution < 1.29 is 0 Å². The molecule has 1 saturated heterocycles. The molecule has 3 heteroatoms. The first-order chi connectivity index (χ1) is 5.83. The molecule has 2 aliphatic heterocycles. The highest BCUT2D eigenvalue weighted by Gasteiger charge is 2.33. The molecule has 0 unspecified atom stereocenters. The van der Waals surface area contributed by atoms with Crippen molar-refractivity contribution in [2.24, 2.45) is 7.05 Å². The van der Waals surface area contributed by atoms with Crippen LogP contribution in [0.5, 0.6) is 0 Å². The van der Waals surface area contributed by atoms with E-state index in [9.17, 15) is 0 Å². The molecule has 3 heterocycles. The highest BCUT2D eigenvalue weighted by atomic mass is 15.3. The number of rotatable bonds is 0. The van der Waals surface area contributed by atoms with Gasteiger partial charge in [-0.1, -0.05) is 0 Å². The standard InChI is InChI=1S/C9H13N3/c1-12-5-7-8-3-2-6(10-8)4-9(7)11-12/h5-6,8,10H,2-4H2,1H3/t6-,8-/m0/s1. The van der Waals surface area contributed by atoms with Crippen LogP contribution in [0.1, 0.15) is 30.1 Å². The predicted molar refractivity (Wildman–Crippen MR) is 45.8 cm³/mol. The minimum atomic E-state index is 0.604. The predicted octanol–water partition coefficient (Wildman–Crippen LogP) is 0.769. The minimum absolute atomic E-state index is 0.604. The Morgan fingerprint density at radius 1 is 1.58 bits per heavy atom. The van der Waals surface area contributed by atoms with Gasteiger partial charge in [-0.05, 0) is 12.8 Å². The van der Waals surface area contributed by atoms with Crippen molar-refractivity contribution in [2.75, 3.05) is 0 Å². The third-order valence-electron chi connectivity index (χ3n) is 2.99. The van der Waals surface area contributed by atoms with Crippen molar-refractivity contribution >= 4 is 0 Å². The maximum absolute atomic E-state index is 4.47. The summed E-state index contributed by atoms with van der Waals surface area (Å²) in [7, 11) is 2.01. The molecule has 0 amide bonds. The number of nitrogens with zero attached hydrogens (tertiary/aromatic N) is 2. The van der Waals surface area contributed by atoms with Gasteiger partial charge in [0.2, 0.25) is 0 Å². The van der Waals surface area contributed by atoms with E-state index >= 15 is 0 Å². The second-order valence-electron chi connectivity index (χ2n) is 3.90. The summed E-state index contributed by atoms with van der Waals surface area (Å²) in [6.45, 7) is 0. The van der Waals surface area contributed by atoms with Gasteiger partial charge in [-0.15, -0.1) is 0 Å². The molecule has 1 aromatic rings. The zero-order chi connectivity index (χ0) is 8.13. The average molecular weight is 163 g/mol. The summed E-state index contributed by atoms with van der Waals surface area (Å²) < 4.78 is 1.94. The number of aromatic nitrogens is 2. The Labute approximate surface area is 71.8 Å². The van der Waals surface area contributed by atoms with Gasteiger partial charge in [0.25, 0.3) is 0 Å². The Kier molecular flexibility index (Phi) is 1.17. The highest BCUT2D eigenvalue weighted by Crippen LogP contribution is 2.34. The first-order valence-electron chi connectivity index (χ1n) is 4.61. The molecule has 3 rings (SSSR count). The van der Waals surface area contributed by atoms with E-state index in [2.05, 4.69) is 16.6 Å². The number of hydrogen-bond acceptors (Lipinski definition) is 2. The summed E-state index contributed by atoms with van der Waals surface area (Å²) in [5.74, 6) is 0. The second kappa shape index (κ2) is 2.10. The fourth-order valence-electron chi connectivity index (χ4n) is 2.46. The van der Waals surface area contributed by atoms with Crippen LogP contribution in [0.4, 0.5) is 0 Å². The van der Waals surface area contributed by atoms with Gasteiger partial charge in [0, 0.05) is 37.3 Å². The maximum atomic E-state index is 4.47. The number of fused-ring (bicyclic) bond motifs is 4. The Balaban J connectivity index is 2.11. The molecule has 1 N–H and O–H groups in total. The van der Waals surface area contributed by atoms with E-state index in [1.54, 1.807) is 0 Å². The Hall–Kier alpha value is -0.830. The van der Waals surface area contributed by atoms with Crippen LogP contribution in [0.15, 0.2) is 6.20 Å². The van der Waals surface area contributed by atoms with E-state index in [4.69, 9.17) is 0 Å². The van der Waals surface area contributed by atoms with E-state index in [-0.39, 0.29) is 0 Å². The lowest BCUT2D eigenvalue weighted by molar-refractivity contribution is 0.510. The lowest BCUT2D eigenvalue weighted by Gasteiger charge is -2.19. The molecule has 0 radical (unpaired) electrons. The molecule has 0 aliphatic carbocycles. The van der Waals surface area contributed by atoms with Crippen LogP contribution in [-0.2, 0) is 13.5 Å². The van der Waals surface area contributed by atoms with Crippen LogP contribution >= 0.6 is 0 Å². The average Bonchev–Trinajstić information content (AvgIpc) is 2.57. The summed E-state index contributed by atoms with van der Waals surface area (Å²) in [4.78, 5) is 0. The summed E-state index contributed by atoms with van der Waals surface area (Å²) >= 11 is 0. The first kappa shape index (κ1) is 6.66. The largest absolute Gasteiger partial charge is 0.307 e. The lowest BCUT2D eigenvalue weighted by Crippen LogP contribution is -2.31. The van der Waals surface area contributed by atoms with Gasteiger partial charge in [-0.2, -0.15) is 5.10 Å². The van der Waals surface area contributed by atoms with Gasteiger partial charge in [0.05, 0.1) is 5.69 Å². The molecule has 2 bridgehead atoms. The zero-order valence-electron chi connectivity index (χ0n) is 7.25. The van der Waals surface area contributed by atoms with Crippen LogP contribution in [0, 0.1) is 0 Å². The molecule has 64 valence electrons. The summed E-state index contributed by atoms with van der Waals surface area (Å²) in [6.07, 6.45) is 5.91. The van der Waals surface area contributed by atoms with E-state index in [0.717, 1.165) is 6.42 Å².